The normalized spacial score (nSPS) is 28.1. The highest BCUT2D eigenvalue weighted by Crippen LogP contribution is 2.24. The fraction of sp³-hybridized carbons (Fsp3) is 0.900. The molecule has 1 fully saturated rings. The van der Waals surface area contributed by atoms with E-state index in [0.717, 1.165) is 0 Å². The predicted molar refractivity (Wildman–Crippen MR) is 51.7 cm³/mol. The monoisotopic (exact) mass is 185 g/mol. The molecule has 76 valence electrons. The number of carbonyl (C=O) groups is 1. The molecule has 1 saturated heterocycles. The van der Waals surface area contributed by atoms with Gasteiger partial charge >= 0.3 is 0 Å². The molecule has 1 atom stereocenters. The van der Waals surface area contributed by atoms with E-state index in [1.807, 2.05) is 13.8 Å². The van der Waals surface area contributed by atoms with Crippen LogP contribution in [0.2, 0.25) is 0 Å². The molecule has 1 aliphatic rings. The Morgan fingerprint density at radius 3 is 2.31 bits per heavy atom. The Morgan fingerprint density at radius 2 is 2.00 bits per heavy atom. The van der Waals surface area contributed by atoms with E-state index in [1.54, 1.807) is 0 Å². The van der Waals surface area contributed by atoms with Gasteiger partial charge in [0.25, 0.3) is 0 Å². The average Bonchev–Trinajstić information content (AvgIpc) is 2.13. The molecule has 0 aromatic rings. The van der Waals surface area contributed by atoms with E-state index in [2.05, 4.69) is 26.1 Å². The lowest BCUT2D eigenvalue weighted by Crippen LogP contribution is -2.54. The summed E-state index contributed by atoms with van der Waals surface area (Å²) in [7, 11) is 0. The summed E-state index contributed by atoms with van der Waals surface area (Å²) < 4.78 is 5.40. The maximum Gasteiger partial charge on any atom is 0.178 e. The summed E-state index contributed by atoms with van der Waals surface area (Å²) in [5.41, 5.74) is -0.421. The number of rotatable bonds is 1. The molecular formula is C10H19NO2. The molecule has 3 nitrogen and oxygen atoms in total. The maximum atomic E-state index is 11.5. The van der Waals surface area contributed by atoms with E-state index in [4.69, 9.17) is 4.74 Å². The molecule has 1 heterocycles. The van der Waals surface area contributed by atoms with Gasteiger partial charge in [-0.2, -0.15) is 0 Å². The Labute approximate surface area is 79.8 Å². The quantitative estimate of drug-likeness (QED) is 0.665. The van der Waals surface area contributed by atoms with Crippen LogP contribution in [0.5, 0.6) is 0 Å². The van der Waals surface area contributed by atoms with Gasteiger partial charge in [0.2, 0.25) is 0 Å². The molecule has 1 aliphatic heterocycles. The number of ketones is 1. The Bertz CT molecular complexity index is 215. The van der Waals surface area contributed by atoms with Gasteiger partial charge in [0, 0.05) is 5.54 Å². The number of hydrogen-bond acceptors (Lipinski definition) is 3. The molecule has 13 heavy (non-hydrogen) atoms. The van der Waals surface area contributed by atoms with Gasteiger partial charge in [-0.05, 0) is 34.6 Å². The van der Waals surface area contributed by atoms with E-state index in [9.17, 15) is 4.79 Å². The van der Waals surface area contributed by atoms with Crippen LogP contribution in [0.4, 0.5) is 0 Å². The molecule has 1 N–H and O–H groups in total. The van der Waals surface area contributed by atoms with Gasteiger partial charge < -0.3 is 10.1 Å². The van der Waals surface area contributed by atoms with Crippen molar-refractivity contribution >= 4 is 5.78 Å². The lowest BCUT2D eigenvalue weighted by atomic mass is 9.95. The first-order chi connectivity index (χ1) is 5.72. The minimum absolute atomic E-state index is 0.0503. The molecular weight excluding hydrogens is 166 g/mol. The molecule has 1 unspecified atom stereocenters. The van der Waals surface area contributed by atoms with E-state index < -0.39 is 0 Å². The molecule has 0 radical (unpaired) electrons. The van der Waals surface area contributed by atoms with Crippen molar-refractivity contribution in [1.82, 2.24) is 5.32 Å². The standard InChI is InChI=1S/C10H19NO2/c1-9(2,3)11-8-7(12)6-13-10(8,4)5/h8,11H,6H2,1-5H3. The number of carbonyl (C=O) groups excluding carboxylic acids is 1. The third kappa shape index (κ3) is 2.51. The van der Waals surface area contributed by atoms with Gasteiger partial charge in [-0.25, -0.2) is 0 Å². The molecule has 0 spiro atoms. The maximum absolute atomic E-state index is 11.5. The van der Waals surface area contributed by atoms with Crippen molar-refractivity contribution in [3.63, 3.8) is 0 Å². The third-order valence-corrected chi connectivity index (χ3v) is 2.18. The van der Waals surface area contributed by atoms with Gasteiger partial charge in [0.1, 0.15) is 6.61 Å². The first-order valence-corrected chi connectivity index (χ1v) is 4.67. The van der Waals surface area contributed by atoms with E-state index >= 15 is 0 Å². The summed E-state index contributed by atoms with van der Waals surface area (Å²) in [6.07, 6.45) is 0. The Hall–Kier alpha value is -0.410. The molecule has 0 aliphatic carbocycles. The van der Waals surface area contributed by atoms with Gasteiger partial charge in [0.05, 0.1) is 11.6 Å². The number of Topliss-reactive ketones (excluding diaryl/α,β-unsaturated/α-hetero) is 1. The number of hydrogen-bond donors (Lipinski definition) is 1. The van der Waals surface area contributed by atoms with Crippen molar-refractivity contribution in [2.75, 3.05) is 6.61 Å². The van der Waals surface area contributed by atoms with Crippen LogP contribution < -0.4 is 5.32 Å². The Balaban J connectivity index is 2.72. The number of ether oxygens (including phenoxy) is 1. The zero-order valence-corrected chi connectivity index (χ0v) is 9.10. The summed E-state index contributed by atoms with van der Waals surface area (Å²) >= 11 is 0. The van der Waals surface area contributed by atoms with Gasteiger partial charge in [-0.15, -0.1) is 0 Å². The molecule has 0 amide bonds. The van der Waals surface area contributed by atoms with Crippen LogP contribution in [0.15, 0.2) is 0 Å². The van der Waals surface area contributed by atoms with E-state index in [0.29, 0.717) is 0 Å². The smallest absolute Gasteiger partial charge is 0.178 e. The van der Waals surface area contributed by atoms with Crippen LogP contribution >= 0.6 is 0 Å². The summed E-state index contributed by atoms with van der Waals surface area (Å²) in [6.45, 7) is 10.3. The van der Waals surface area contributed by atoms with Crippen LogP contribution in [0.1, 0.15) is 34.6 Å². The Kier molecular flexibility index (Phi) is 2.52. The van der Waals surface area contributed by atoms with Crippen molar-refractivity contribution in [2.45, 2.75) is 51.8 Å². The summed E-state index contributed by atoms with van der Waals surface area (Å²) in [6, 6.07) is -0.174. The Morgan fingerprint density at radius 1 is 1.46 bits per heavy atom. The second kappa shape index (κ2) is 3.07. The highest BCUT2D eigenvalue weighted by atomic mass is 16.5. The van der Waals surface area contributed by atoms with Crippen molar-refractivity contribution in [2.24, 2.45) is 0 Å². The van der Waals surface area contributed by atoms with Crippen molar-refractivity contribution in [1.29, 1.82) is 0 Å². The largest absolute Gasteiger partial charge is 0.366 e. The fourth-order valence-corrected chi connectivity index (χ4v) is 1.50. The van der Waals surface area contributed by atoms with Crippen molar-refractivity contribution in [3.05, 3.63) is 0 Å². The first kappa shape index (κ1) is 10.7. The van der Waals surface area contributed by atoms with E-state index in [-0.39, 0.29) is 29.6 Å². The van der Waals surface area contributed by atoms with E-state index in [1.165, 1.54) is 0 Å². The van der Waals surface area contributed by atoms with Crippen LogP contribution in [0, 0.1) is 0 Å². The number of nitrogens with one attached hydrogen (secondary N) is 1. The zero-order chi connectivity index (χ0) is 10.3. The van der Waals surface area contributed by atoms with Crippen LogP contribution in [0.25, 0.3) is 0 Å². The SMILES string of the molecule is CC(C)(C)NC1C(=O)COC1(C)C. The molecule has 1 rings (SSSR count). The van der Waals surface area contributed by atoms with Crippen LogP contribution in [-0.2, 0) is 9.53 Å². The average molecular weight is 185 g/mol. The highest BCUT2D eigenvalue weighted by molar-refractivity contribution is 5.88. The minimum atomic E-state index is -0.371. The first-order valence-electron chi connectivity index (χ1n) is 4.67. The fourth-order valence-electron chi connectivity index (χ4n) is 1.50. The molecule has 3 heteroatoms. The van der Waals surface area contributed by atoms with Crippen LogP contribution in [0.3, 0.4) is 0 Å². The molecule has 0 aromatic heterocycles. The lowest BCUT2D eigenvalue weighted by Gasteiger charge is -2.32. The van der Waals surface area contributed by atoms with Gasteiger partial charge in [0.15, 0.2) is 5.78 Å². The van der Waals surface area contributed by atoms with Gasteiger partial charge in [-0.1, -0.05) is 0 Å². The molecule has 0 saturated carbocycles. The lowest BCUT2D eigenvalue weighted by molar-refractivity contribution is -0.119. The minimum Gasteiger partial charge on any atom is -0.366 e. The predicted octanol–water partition coefficient (Wildman–Crippen LogP) is 1.12. The highest BCUT2D eigenvalue weighted by Gasteiger charge is 2.43. The van der Waals surface area contributed by atoms with Crippen molar-refractivity contribution < 1.29 is 9.53 Å². The van der Waals surface area contributed by atoms with Crippen LogP contribution in [-0.4, -0.2) is 29.6 Å². The topological polar surface area (TPSA) is 38.3 Å². The van der Waals surface area contributed by atoms with Crippen molar-refractivity contribution in [3.8, 4) is 0 Å². The van der Waals surface area contributed by atoms with Gasteiger partial charge in [-0.3, -0.25) is 4.79 Å². The second-order valence-electron chi connectivity index (χ2n) is 5.19. The summed E-state index contributed by atoms with van der Waals surface area (Å²) in [4.78, 5) is 11.5. The third-order valence-electron chi connectivity index (χ3n) is 2.18. The zero-order valence-electron chi connectivity index (χ0n) is 9.10. The summed E-state index contributed by atoms with van der Waals surface area (Å²) in [5, 5.41) is 3.28. The molecule has 0 aromatic carbocycles. The summed E-state index contributed by atoms with van der Waals surface area (Å²) in [5.74, 6) is 0.153. The second-order valence-corrected chi connectivity index (χ2v) is 5.19. The molecule has 0 bridgehead atoms.